The van der Waals surface area contributed by atoms with Crippen LogP contribution >= 0.6 is 0 Å². The molecule has 2 heteroatoms. The Morgan fingerprint density at radius 2 is 2.00 bits per heavy atom. The summed E-state index contributed by atoms with van der Waals surface area (Å²) in [6.45, 7) is 10.1. The van der Waals surface area contributed by atoms with Crippen molar-refractivity contribution in [3.8, 4) is 0 Å². The number of nitrogens with one attached hydrogen (secondary N) is 1. The van der Waals surface area contributed by atoms with Crippen molar-refractivity contribution in [2.24, 2.45) is 0 Å². The van der Waals surface area contributed by atoms with E-state index in [0.29, 0.717) is 5.92 Å². The van der Waals surface area contributed by atoms with Gasteiger partial charge >= 0.3 is 0 Å². The van der Waals surface area contributed by atoms with Crippen LogP contribution in [-0.4, -0.2) is 5.91 Å². The summed E-state index contributed by atoms with van der Waals surface area (Å²) in [5.74, 6) is 0.473. The van der Waals surface area contributed by atoms with Crippen LogP contribution in [0.15, 0.2) is 29.8 Å². The maximum Gasteiger partial charge on any atom is 0.250 e. The number of hydrogen-bond acceptors (Lipinski definition) is 1. The molecule has 0 spiro atoms. The van der Waals surface area contributed by atoms with Gasteiger partial charge in [0.1, 0.15) is 0 Å². The highest BCUT2D eigenvalue weighted by Crippen LogP contribution is 2.22. The number of carbonyl (C=O) groups is 1. The van der Waals surface area contributed by atoms with Gasteiger partial charge in [-0.3, -0.25) is 4.79 Å². The van der Waals surface area contributed by atoms with E-state index < -0.39 is 0 Å². The van der Waals surface area contributed by atoms with E-state index in [1.54, 1.807) is 0 Å². The molecule has 0 unspecified atom stereocenters. The number of rotatable bonds is 3. The number of allylic oxidation sites excluding steroid dienone is 1. The van der Waals surface area contributed by atoms with Crippen molar-refractivity contribution < 1.29 is 4.79 Å². The molecule has 92 valence electrons. The molecule has 0 bridgehead atoms. The molecule has 1 rings (SSSR count). The summed E-state index contributed by atoms with van der Waals surface area (Å²) in [5, 5.41) is 2.89. The predicted octanol–water partition coefficient (Wildman–Crippen LogP) is 4.02. The Labute approximate surface area is 104 Å². The molecule has 1 N–H and O–H groups in total. The zero-order valence-corrected chi connectivity index (χ0v) is 11.3. The molecule has 0 heterocycles. The summed E-state index contributed by atoms with van der Waals surface area (Å²) in [4.78, 5) is 11.7. The maximum absolute atomic E-state index is 11.7. The second-order valence-electron chi connectivity index (χ2n) is 4.65. The molecule has 0 saturated heterocycles. The first-order valence-corrected chi connectivity index (χ1v) is 6.00. The van der Waals surface area contributed by atoms with Crippen molar-refractivity contribution in [3.05, 3.63) is 41.0 Å². The first-order valence-electron chi connectivity index (χ1n) is 6.00. The highest BCUT2D eigenvalue weighted by molar-refractivity contribution is 6.03. The normalized spacial score (nSPS) is 11.8. The van der Waals surface area contributed by atoms with Gasteiger partial charge in [-0.25, -0.2) is 0 Å². The number of anilines is 1. The van der Waals surface area contributed by atoms with E-state index >= 15 is 0 Å². The van der Waals surface area contributed by atoms with Crippen molar-refractivity contribution in [2.45, 2.75) is 40.5 Å². The average Bonchev–Trinajstić information content (AvgIpc) is 2.27. The van der Waals surface area contributed by atoms with Gasteiger partial charge in [-0.2, -0.15) is 0 Å². The third-order valence-electron chi connectivity index (χ3n) is 2.94. The lowest BCUT2D eigenvalue weighted by atomic mass is 9.97. The van der Waals surface area contributed by atoms with E-state index in [1.165, 1.54) is 11.1 Å². The van der Waals surface area contributed by atoms with E-state index in [4.69, 9.17) is 0 Å². The van der Waals surface area contributed by atoms with Crippen LogP contribution in [0.5, 0.6) is 0 Å². The number of amides is 1. The van der Waals surface area contributed by atoms with Gasteiger partial charge in [0.2, 0.25) is 0 Å². The quantitative estimate of drug-likeness (QED) is 0.782. The predicted molar refractivity (Wildman–Crippen MR) is 73.3 cm³/mol. The van der Waals surface area contributed by atoms with Crippen LogP contribution in [0.2, 0.25) is 0 Å². The average molecular weight is 231 g/mol. The summed E-state index contributed by atoms with van der Waals surface area (Å²) < 4.78 is 0. The van der Waals surface area contributed by atoms with Crippen LogP contribution in [-0.2, 0) is 4.79 Å². The molecule has 0 aromatic heterocycles. The molecule has 1 aromatic rings. The Balaban J connectivity index is 2.88. The van der Waals surface area contributed by atoms with Gasteiger partial charge in [0, 0.05) is 11.3 Å². The summed E-state index contributed by atoms with van der Waals surface area (Å²) in [6, 6.07) is 6.07. The highest BCUT2D eigenvalue weighted by atomic mass is 16.1. The molecule has 0 radical (unpaired) electrons. The molecule has 2 nitrogen and oxygen atoms in total. The Kier molecular flexibility index (Phi) is 4.50. The lowest BCUT2D eigenvalue weighted by molar-refractivity contribution is -0.112. The van der Waals surface area contributed by atoms with Crippen molar-refractivity contribution in [1.29, 1.82) is 0 Å². The molecule has 0 aliphatic rings. The fraction of sp³-hybridized carbons (Fsp3) is 0.400. The van der Waals surface area contributed by atoms with Gasteiger partial charge in [-0.1, -0.05) is 26.0 Å². The van der Waals surface area contributed by atoms with Crippen molar-refractivity contribution in [2.75, 3.05) is 5.32 Å². The second kappa shape index (κ2) is 5.67. The topological polar surface area (TPSA) is 29.1 Å². The van der Waals surface area contributed by atoms with E-state index in [9.17, 15) is 4.79 Å². The number of carbonyl (C=O) groups excluding carboxylic acids is 1. The molecule has 0 fully saturated rings. The van der Waals surface area contributed by atoms with Crippen molar-refractivity contribution in [3.63, 3.8) is 0 Å². The SMILES string of the molecule is CC=C(C)C(=O)Nc1ccc(C(C)C)c(C)c1. The molecule has 0 aliphatic carbocycles. The minimum Gasteiger partial charge on any atom is -0.322 e. The molecule has 17 heavy (non-hydrogen) atoms. The third kappa shape index (κ3) is 3.45. The zero-order chi connectivity index (χ0) is 13.0. The summed E-state index contributed by atoms with van der Waals surface area (Å²) in [6.07, 6.45) is 1.81. The van der Waals surface area contributed by atoms with Crippen molar-refractivity contribution >= 4 is 11.6 Å². The Morgan fingerprint density at radius 1 is 1.35 bits per heavy atom. The van der Waals surface area contributed by atoms with Gasteiger partial charge in [0.15, 0.2) is 0 Å². The summed E-state index contributed by atoms with van der Waals surface area (Å²) in [7, 11) is 0. The number of aryl methyl sites for hydroxylation is 1. The Morgan fingerprint density at radius 3 is 2.47 bits per heavy atom. The second-order valence-corrected chi connectivity index (χ2v) is 4.65. The van der Waals surface area contributed by atoms with Gasteiger partial charge < -0.3 is 5.32 Å². The van der Waals surface area contributed by atoms with Gasteiger partial charge in [0.05, 0.1) is 0 Å². The molecule has 0 aliphatic heterocycles. The zero-order valence-electron chi connectivity index (χ0n) is 11.3. The number of benzene rings is 1. The molecule has 1 amide bonds. The minimum atomic E-state index is -0.0378. The monoisotopic (exact) mass is 231 g/mol. The van der Waals surface area contributed by atoms with Gasteiger partial charge in [-0.15, -0.1) is 0 Å². The standard InChI is InChI=1S/C15H21NO/c1-6-11(4)15(17)16-13-7-8-14(10(2)3)12(5)9-13/h6-10H,1-5H3,(H,16,17). The first kappa shape index (κ1) is 13.5. The van der Waals surface area contributed by atoms with Crippen LogP contribution in [0, 0.1) is 6.92 Å². The summed E-state index contributed by atoms with van der Waals surface area (Å²) >= 11 is 0. The van der Waals surface area contributed by atoms with E-state index in [2.05, 4.69) is 32.2 Å². The van der Waals surface area contributed by atoms with E-state index in [-0.39, 0.29) is 5.91 Å². The lowest BCUT2D eigenvalue weighted by Crippen LogP contribution is -2.12. The van der Waals surface area contributed by atoms with E-state index in [0.717, 1.165) is 11.3 Å². The molecule has 0 saturated carbocycles. The Hall–Kier alpha value is -1.57. The third-order valence-corrected chi connectivity index (χ3v) is 2.94. The first-order chi connectivity index (χ1) is 7.95. The van der Waals surface area contributed by atoms with Crippen LogP contribution in [0.4, 0.5) is 5.69 Å². The van der Waals surface area contributed by atoms with Crippen LogP contribution in [0.3, 0.4) is 0 Å². The van der Waals surface area contributed by atoms with Crippen molar-refractivity contribution in [1.82, 2.24) is 0 Å². The minimum absolute atomic E-state index is 0.0378. The largest absolute Gasteiger partial charge is 0.322 e. The smallest absolute Gasteiger partial charge is 0.250 e. The molecular formula is C15H21NO. The fourth-order valence-electron chi connectivity index (χ4n) is 1.76. The summed E-state index contributed by atoms with van der Waals surface area (Å²) in [5.41, 5.74) is 4.13. The van der Waals surface area contributed by atoms with Gasteiger partial charge in [0.25, 0.3) is 5.91 Å². The van der Waals surface area contributed by atoms with Crippen LogP contribution < -0.4 is 5.32 Å². The highest BCUT2D eigenvalue weighted by Gasteiger charge is 2.07. The van der Waals surface area contributed by atoms with Gasteiger partial charge in [-0.05, 0) is 49.9 Å². The maximum atomic E-state index is 11.7. The van der Waals surface area contributed by atoms with Crippen LogP contribution in [0.25, 0.3) is 0 Å². The molecule has 0 atom stereocenters. The lowest BCUT2D eigenvalue weighted by Gasteiger charge is -2.12. The fourth-order valence-corrected chi connectivity index (χ4v) is 1.76. The Bertz CT molecular complexity index is 444. The molecule has 1 aromatic carbocycles. The number of hydrogen-bond donors (Lipinski definition) is 1. The van der Waals surface area contributed by atoms with Crippen LogP contribution in [0.1, 0.15) is 44.7 Å². The molecular weight excluding hydrogens is 210 g/mol. The van der Waals surface area contributed by atoms with E-state index in [1.807, 2.05) is 32.1 Å².